The Morgan fingerprint density at radius 1 is 1.43 bits per heavy atom. The molecule has 0 bridgehead atoms. The van der Waals surface area contributed by atoms with E-state index in [1.807, 2.05) is 18.3 Å². The fraction of sp³-hybridized carbons (Fsp3) is 0.706. The van der Waals surface area contributed by atoms with Crippen LogP contribution in [0.1, 0.15) is 45.2 Å². The normalized spacial score (nSPS) is 18.3. The Hall–Kier alpha value is -1.13. The first-order valence-corrected chi connectivity index (χ1v) is 8.14. The van der Waals surface area contributed by atoms with Crippen LogP contribution in [0.3, 0.4) is 0 Å². The van der Waals surface area contributed by atoms with Crippen molar-refractivity contribution in [2.45, 2.75) is 52.2 Å². The van der Waals surface area contributed by atoms with Crippen molar-refractivity contribution in [1.82, 2.24) is 10.3 Å². The zero-order chi connectivity index (χ0) is 14.9. The van der Waals surface area contributed by atoms with Crippen LogP contribution in [-0.2, 0) is 11.3 Å². The van der Waals surface area contributed by atoms with Crippen molar-refractivity contribution in [1.29, 1.82) is 0 Å². The molecule has 1 saturated heterocycles. The first-order valence-electron chi connectivity index (χ1n) is 8.14. The monoisotopic (exact) mass is 292 g/mol. The Bertz CT molecular complexity index is 386. The zero-order valence-corrected chi connectivity index (χ0v) is 13.3. The van der Waals surface area contributed by atoms with Crippen LogP contribution < -0.4 is 10.1 Å². The van der Waals surface area contributed by atoms with Crippen LogP contribution in [-0.4, -0.2) is 30.8 Å². The van der Waals surface area contributed by atoms with Crippen LogP contribution in [0, 0.1) is 5.92 Å². The summed E-state index contributed by atoms with van der Waals surface area (Å²) in [5, 5.41) is 3.39. The number of pyridine rings is 1. The average Bonchev–Trinajstić information content (AvgIpc) is 2.98. The molecule has 118 valence electrons. The van der Waals surface area contributed by atoms with Crippen LogP contribution in [0.25, 0.3) is 0 Å². The molecule has 2 rings (SSSR count). The molecule has 0 amide bonds. The van der Waals surface area contributed by atoms with Crippen molar-refractivity contribution < 1.29 is 9.47 Å². The van der Waals surface area contributed by atoms with Gasteiger partial charge >= 0.3 is 0 Å². The van der Waals surface area contributed by atoms with Gasteiger partial charge in [-0.15, -0.1) is 0 Å². The third-order valence-electron chi connectivity index (χ3n) is 3.62. The number of ether oxygens (including phenoxy) is 2. The summed E-state index contributed by atoms with van der Waals surface area (Å²) in [6, 6.07) is 4.04. The first-order chi connectivity index (χ1) is 10.2. The van der Waals surface area contributed by atoms with Crippen molar-refractivity contribution in [3.63, 3.8) is 0 Å². The summed E-state index contributed by atoms with van der Waals surface area (Å²) in [7, 11) is 0. The van der Waals surface area contributed by atoms with E-state index in [0.717, 1.165) is 50.6 Å². The van der Waals surface area contributed by atoms with Gasteiger partial charge in [0, 0.05) is 13.2 Å². The number of hydrogen-bond donors (Lipinski definition) is 1. The van der Waals surface area contributed by atoms with Gasteiger partial charge in [0.1, 0.15) is 5.75 Å². The summed E-state index contributed by atoms with van der Waals surface area (Å²) in [6.07, 6.45) is 6.84. The van der Waals surface area contributed by atoms with Crippen molar-refractivity contribution >= 4 is 0 Å². The van der Waals surface area contributed by atoms with E-state index in [1.54, 1.807) is 0 Å². The van der Waals surface area contributed by atoms with E-state index in [1.165, 1.54) is 12.8 Å². The van der Waals surface area contributed by atoms with Crippen molar-refractivity contribution in [3.05, 3.63) is 24.0 Å². The lowest BCUT2D eigenvalue weighted by molar-refractivity contribution is 0.0981. The summed E-state index contributed by atoms with van der Waals surface area (Å²) in [5.74, 6) is 1.52. The summed E-state index contributed by atoms with van der Waals surface area (Å²) >= 11 is 0. The molecule has 4 heteroatoms. The second-order valence-corrected chi connectivity index (χ2v) is 6.14. The largest absolute Gasteiger partial charge is 0.492 e. The highest BCUT2D eigenvalue weighted by atomic mass is 16.5. The third kappa shape index (κ3) is 6.44. The van der Waals surface area contributed by atoms with Gasteiger partial charge < -0.3 is 14.8 Å². The second-order valence-electron chi connectivity index (χ2n) is 6.14. The Morgan fingerprint density at radius 2 is 2.33 bits per heavy atom. The molecule has 4 nitrogen and oxygen atoms in total. The summed E-state index contributed by atoms with van der Waals surface area (Å²) in [6.45, 7) is 7.91. The fourth-order valence-corrected chi connectivity index (χ4v) is 2.46. The molecule has 1 unspecified atom stereocenters. The van der Waals surface area contributed by atoms with Gasteiger partial charge in [-0.2, -0.15) is 0 Å². The predicted molar refractivity (Wildman–Crippen MR) is 84.5 cm³/mol. The van der Waals surface area contributed by atoms with Gasteiger partial charge in [0.25, 0.3) is 0 Å². The fourth-order valence-electron chi connectivity index (χ4n) is 2.46. The van der Waals surface area contributed by atoms with Crippen LogP contribution in [0.4, 0.5) is 0 Å². The predicted octanol–water partition coefficient (Wildman–Crippen LogP) is 3.17. The van der Waals surface area contributed by atoms with E-state index in [2.05, 4.69) is 24.1 Å². The van der Waals surface area contributed by atoms with Crippen LogP contribution in [0.15, 0.2) is 18.3 Å². The molecule has 21 heavy (non-hydrogen) atoms. The van der Waals surface area contributed by atoms with Gasteiger partial charge in [-0.05, 0) is 50.3 Å². The van der Waals surface area contributed by atoms with E-state index in [0.29, 0.717) is 12.0 Å². The Morgan fingerprint density at radius 3 is 3.00 bits per heavy atom. The second kappa shape index (κ2) is 9.00. The SMILES string of the molecule is CC(C)CNCc1ccc(OCCCC2CCCO2)cn1. The third-order valence-corrected chi connectivity index (χ3v) is 3.62. The number of aromatic nitrogens is 1. The molecule has 1 aliphatic rings. The van der Waals surface area contributed by atoms with Gasteiger partial charge in [0.15, 0.2) is 0 Å². The Labute approximate surface area is 128 Å². The van der Waals surface area contributed by atoms with E-state index in [9.17, 15) is 0 Å². The highest BCUT2D eigenvalue weighted by Gasteiger charge is 2.14. The standard InChI is InChI=1S/C17H28N2O2/c1-14(2)11-18-12-15-7-8-17(13-19-15)21-10-4-6-16-5-3-9-20-16/h7-8,13-14,16,18H,3-6,9-12H2,1-2H3. The van der Waals surface area contributed by atoms with Crippen molar-refractivity contribution in [2.24, 2.45) is 5.92 Å². The first kappa shape index (κ1) is 16.2. The van der Waals surface area contributed by atoms with Gasteiger partial charge in [-0.1, -0.05) is 13.8 Å². The quantitative estimate of drug-likeness (QED) is 0.710. The van der Waals surface area contributed by atoms with Gasteiger partial charge in [0.2, 0.25) is 0 Å². The average molecular weight is 292 g/mol. The minimum Gasteiger partial charge on any atom is -0.492 e. The lowest BCUT2D eigenvalue weighted by atomic mass is 10.1. The molecule has 1 N–H and O–H groups in total. The van der Waals surface area contributed by atoms with E-state index in [-0.39, 0.29) is 0 Å². The molecule has 1 atom stereocenters. The molecule has 1 aromatic heterocycles. The van der Waals surface area contributed by atoms with E-state index < -0.39 is 0 Å². The minimum atomic E-state index is 0.459. The Kier molecular flexibility index (Phi) is 6.96. The molecular weight excluding hydrogens is 264 g/mol. The van der Waals surface area contributed by atoms with E-state index >= 15 is 0 Å². The van der Waals surface area contributed by atoms with E-state index in [4.69, 9.17) is 9.47 Å². The topological polar surface area (TPSA) is 43.4 Å². The van der Waals surface area contributed by atoms with Crippen LogP contribution >= 0.6 is 0 Å². The molecule has 0 aliphatic carbocycles. The number of rotatable bonds is 9. The van der Waals surface area contributed by atoms with Crippen LogP contribution in [0.2, 0.25) is 0 Å². The highest BCUT2D eigenvalue weighted by Crippen LogP contribution is 2.17. The van der Waals surface area contributed by atoms with Crippen molar-refractivity contribution in [2.75, 3.05) is 19.8 Å². The number of nitrogens with zero attached hydrogens (tertiary/aromatic N) is 1. The molecule has 1 fully saturated rings. The molecule has 0 saturated carbocycles. The molecule has 0 aromatic carbocycles. The zero-order valence-electron chi connectivity index (χ0n) is 13.3. The lowest BCUT2D eigenvalue weighted by Gasteiger charge is -2.10. The highest BCUT2D eigenvalue weighted by molar-refractivity contribution is 5.19. The maximum absolute atomic E-state index is 5.73. The van der Waals surface area contributed by atoms with Gasteiger partial charge in [0.05, 0.1) is 24.6 Å². The van der Waals surface area contributed by atoms with Gasteiger partial charge in [-0.25, -0.2) is 0 Å². The molecule has 0 spiro atoms. The molecular formula is C17H28N2O2. The van der Waals surface area contributed by atoms with Crippen molar-refractivity contribution in [3.8, 4) is 5.75 Å². The molecule has 2 heterocycles. The lowest BCUT2D eigenvalue weighted by Crippen LogP contribution is -2.19. The number of hydrogen-bond acceptors (Lipinski definition) is 4. The smallest absolute Gasteiger partial charge is 0.137 e. The summed E-state index contributed by atoms with van der Waals surface area (Å²) in [4.78, 5) is 4.42. The maximum atomic E-state index is 5.73. The summed E-state index contributed by atoms with van der Waals surface area (Å²) < 4.78 is 11.3. The molecule has 0 radical (unpaired) electrons. The molecule has 1 aromatic rings. The Balaban J connectivity index is 1.60. The molecule has 1 aliphatic heterocycles. The van der Waals surface area contributed by atoms with Crippen LogP contribution in [0.5, 0.6) is 5.75 Å². The maximum Gasteiger partial charge on any atom is 0.137 e. The summed E-state index contributed by atoms with van der Waals surface area (Å²) in [5.41, 5.74) is 1.06. The number of nitrogens with one attached hydrogen (secondary N) is 1. The minimum absolute atomic E-state index is 0.459. The van der Waals surface area contributed by atoms with Gasteiger partial charge in [-0.3, -0.25) is 4.98 Å².